The number of aromatic nitrogens is 2. The Balaban J connectivity index is 1.70. The van der Waals surface area contributed by atoms with Gasteiger partial charge in [0, 0.05) is 25.2 Å². The van der Waals surface area contributed by atoms with Gasteiger partial charge in [-0.15, -0.1) is 0 Å². The van der Waals surface area contributed by atoms with Gasteiger partial charge in [-0.05, 0) is 26.2 Å². The van der Waals surface area contributed by atoms with E-state index < -0.39 is 17.9 Å². The molecular formula is C18H23N7O2. The van der Waals surface area contributed by atoms with Crippen LogP contribution < -0.4 is 16.1 Å². The molecule has 0 aliphatic carbocycles. The van der Waals surface area contributed by atoms with Crippen LogP contribution in [0.5, 0.6) is 0 Å². The van der Waals surface area contributed by atoms with Crippen LogP contribution >= 0.6 is 0 Å². The molecule has 3 rings (SSSR count). The molecule has 0 unspecified atom stereocenters. The standard InChI is InChI=1S/C18H23N7O2/c1-23(2)10-11-24-9-8-16(22-24)20-18(27)14-12-15(17(19)26)25(21-14)13-6-4-3-5-7-13/h3-9,15H,10-12H2,1-2H3,(H2,19,26)(H,20,22,27)/t15-/m1/s1. The van der Waals surface area contributed by atoms with E-state index in [0.29, 0.717) is 11.5 Å². The number of carbonyl (C=O) groups is 2. The van der Waals surface area contributed by atoms with E-state index in [1.807, 2.05) is 44.4 Å². The highest BCUT2D eigenvalue weighted by molar-refractivity contribution is 6.44. The fourth-order valence-corrected chi connectivity index (χ4v) is 2.73. The Bertz CT molecular complexity index is 844. The van der Waals surface area contributed by atoms with Crippen molar-refractivity contribution in [2.45, 2.75) is 19.0 Å². The number of nitrogens with zero attached hydrogens (tertiary/aromatic N) is 5. The number of benzene rings is 1. The molecule has 2 heterocycles. The first-order valence-electron chi connectivity index (χ1n) is 8.64. The van der Waals surface area contributed by atoms with E-state index in [4.69, 9.17) is 5.73 Å². The van der Waals surface area contributed by atoms with E-state index in [9.17, 15) is 9.59 Å². The second kappa shape index (κ2) is 8.00. The third kappa shape index (κ3) is 4.50. The number of para-hydroxylation sites is 1. The molecule has 2 amide bonds. The number of primary amides is 1. The van der Waals surface area contributed by atoms with Crippen molar-refractivity contribution >= 4 is 29.0 Å². The molecule has 27 heavy (non-hydrogen) atoms. The summed E-state index contributed by atoms with van der Waals surface area (Å²) in [4.78, 5) is 26.4. The molecule has 1 aliphatic rings. The summed E-state index contributed by atoms with van der Waals surface area (Å²) >= 11 is 0. The summed E-state index contributed by atoms with van der Waals surface area (Å²) in [5, 5.41) is 12.9. The van der Waals surface area contributed by atoms with Crippen molar-refractivity contribution in [3.8, 4) is 0 Å². The number of likely N-dealkylation sites (N-methyl/N-ethyl adjacent to an activating group) is 1. The van der Waals surface area contributed by atoms with Crippen LogP contribution in [0, 0.1) is 0 Å². The Kier molecular flexibility index (Phi) is 5.51. The highest BCUT2D eigenvalue weighted by Crippen LogP contribution is 2.24. The lowest BCUT2D eigenvalue weighted by atomic mass is 10.1. The van der Waals surface area contributed by atoms with E-state index in [0.717, 1.165) is 13.1 Å². The largest absolute Gasteiger partial charge is 0.368 e. The molecule has 0 spiro atoms. The Morgan fingerprint density at radius 1 is 1.26 bits per heavy atom. The fraction of sp³-hybridized carbons (Fsp3) is 0.333. The number of rotatable bonds is 7. The van der Waals surface area contributed by atoms with Crippen molar-refractivity contribution in [3.63, 3.8) is 0 Å². The van der Waals surface area contributed by atoms with Gasteiger partial charge in [0.2, 0.25) is 5.91 Å². The number of nitrogens with one attached hydrogen (secondary N) is 1. The molecule has 0 fully saturated rings. The van der Waals surface area contributed by atoms with Crippen molar-refractivity contribution in [2.24, 2.45) is 10.8 Å². The van der Waals surface area contributed by atoms with Crippen LogP contribution in [0.15, 0.2) is 47.7 Å². The minimum absolute atomic E-state index is 0.150. The van der Waals surface area contributed by atoms with Crippen molar-refractivity contribution in [1.29, 1.82) is 0 Å². The van der Waals surface area contributed by atoms with Gasteiger partial charge in [0.05, 0.1) is 12.2 Å². The van der Waals surface area contributed by atoms with E-state index in [-0.39, 0.29) is 12.1 Å². The first-order valence-corrected chi connectivity index (χ1v) is 8.64. The Morgan fingerprint density at radius 2 is 2.00 bits per heavy atom. The summed E-state index contributed by atoms with van der Waals surface area (Å²) in [7, 11) is 3.97. The Labute approximate surface area is 157 Å². The third-order valence-corrected chi connectivity index (χ3v) is 4.18. The second-order valence-corrected chi connectivity index (χ2v) is 6.57. The number of hydrogen-bond donors (Lipinski definition) is 2. The molecule has 2 aromatic rings. The monoisotopic (exact) mass is 369 g/mol. The molecular weight excluding hydrogens is 346 g/mol. The molecule has 1 aromatic heterocycles. The molecule has 0 bridgehead atoms. The average molecular weight is 369 g/mol. The van der Waals surface area contributed by atoms with Gasteiger partial charge in [0.1, 0.15) is 11.8 Å². The van der Waals surface area contributed by atoms with E-state index in [1.165, 1.54) is 5.01 Å². The highest BCUT2D eigenvalue weighted by Gasteiger charge is 2.35. The van der Waals surface area contributed by atoms with Gasteiger partial charge in [-0.2, -0.15) is 10.2 Å². The molecule has 0 radical (unpaired) electrons. The SMILES string of the molecule is CN(C)CCn1ccc(NC(=O)C2=NN(c3ccccc3)[C@@H](C(N)=O)C2)n1. The van der Waals surface area contributed by atoms with Crippen molar-refractivity contribution < 1.29 is 9.59 Å². The predicted molar refractivity (Wildman–Crippen MR) is 103 cm³/mol. The molecule has 9 heteroatoms. The van der Waals surface area contributed by atoms with Crippen LogP contribution in [0.2, 0.25) is 0 Å². The predicted octanol–water partition coefficient (Wildman–Crippen LogP) is 0.503. The molecule has 0 saturated heterocycles. The van der Waals surface area contributed by atoms with Gasteiger partial charge in [-0.3, -0.25) is 19.3 Å². The third-order valence-electron chi connectivity index (χ3n) is 4.18. The average Bonchev–Trinajstić information content (AvgIpc) is 3.28. The van der Waals surface area contributed by atoms with Gasteiger partial charge in [0.25, 0.3) is 5.91 Å². The summed E-state index contributed by atoms with van der Waals surface area (Å²) < 4.78 is 1.76. The zero-order valence-electron chi connectivity index (χ0n) is 15.4. The topological polar surface area (TPSA) is 109 Å². The molecule has 3 N–H and O–H groups in total. The first kappa shape index (κ1) is 18.6. The van der Waals surface area contributed by atoms with Crippen molar-refractivity contribution in [2.75, 3.05) is 31.0 Å². The van der Waals surface area contributed by atoms with Crippen LogP contribution in [-0.4, -0.2) is 58.9 Å². The van der Waals surface area contributed by atoms with Crippen LogP contribution in [0.25, 0.3) is 0 Å². The summed E-state index contributed by atoms with van der Waals surface area (Å²) in [5.74, 6) is -0.480. The van der Waals surface area contributed by atoms with Gasteiger partial charge in [0.15, 0.2) is 5.82 Å². The quantitative estimate of drug-likeness (QED) is 0.739. The normalized spacial score (nSPS) is 16.5. The number of amides is 2. The van der Waals surface area contributed by atoms with Crippen molar-refractivity contribution in [1.82, 2.24) is 14.7 Å². The number of anilines is 2. The number of hydrogen-bond acceptors (Lipinski definition) is 6. The number of nitrogens with two attached hydrogens (primary N) is 1. The Hall–Kier alpha value is -3.20. The minimum Gasteiger partial charge on any atom is -0.368 e. The smallest absolute Gasteiger partial charge is 0.273 e. The lowest BCUT2D eigenvalue weighted by molar-refractivity contribution is -0.119. The summed E-state index contributed by atoms with van der Waals surface area (Å²) in [6.45, 7) is 1.56. The maximum Gasteiger partial charge on any atom is 0.273 e. The minimum atomic E-state index is -0.689. The summed E-state index contributed by atoms with van der Waals surface area (Å²) in [5.41, 5.74) is 6.44. The zero-order chi connectivity index (χ0) is 19.4. The van der Waals surface area contributed by atoms with Gasteiger partial charge in [-0.25, -0.2) is 0 Å². The second-order valence-electron chi connectivity index (χ2n) is 6.57. The number of carbonyl (C=O) groups excluding carboxylic acids is 2. The van der Waals surface area contributed by atoms with Gasteiger partial charge < -0.3 is 16.0 Å². The van der Waals surface area contributed by atoms with Crippen LogP contribution in [0.3, 0.4) is 0 Å². The summed E-state index contributed by atoms with van der Waals surface area (Å²) in [6.07, 6.45) is 1.95. The molecule has 142 valence electrons. The highest BCUT2D eigenvalue weighted by atomic mass is 16.2. The first-order chi connectivity index (χ1) is 12.9. The molecule has 1 aromatic carbocycles. The maximum absolute atomic E-state index is 12.6. The molecule has 1 aliphatic heterocycles. The van der Waals surface area contributed by atoms with E-state index in [2.05, 4.69) is 20.4 Å². The fourth-order valence-electron chi connectivity index (χ4n) is 2.73. The lowest BCUT2D eigenvalue weighted by Gasteiger charge is -2.20. The number of hydrazone groups is 1. The van der Waals surface area contributed by atoms with Crippen LogP contribution in [-0.2, 0) is 16.1 Å². The maximum atomic E-state index is 12.6. The van der Waals surface area contributed by atoms with Crippen molar-refractivity contribution in [3.05, 3.63) is 42.6 Å². The molecule has 1 atom stereocenters. The lowest BCUT2D eigenvalue weighted by Crippen LogP contribution is -2.39. The van der Waals surface area contributed by atoms with E-state index in [1.54, 1.807) is 16.9 Å². The van der Waals surface area contributed by atoms with Crippen LogP contribution in [0.1, 0.15) is 6.42 Å². The molecule has 9 nitrogen and oxygen atoms in total. The Morgan fingerprint density at radius 3 is 2.67 bits per heavy atom. The van der Waals surface area contributed by atoms with E-state index >= 15 is 0 Å². The molecule has 0 saturated carbocycles. The van der Waals surface area contributed by atoms with Crippen LogP contribution in [0.4, 0.5) is 11.5 Å². The van der Waals surface area contributed by atoms with Gasteiger partial charge in [-0.1, -0.05) is 18.2 Å². The van der Waals surface area contributed by atoms with Gasteiger partial charge >= 0.3 is 0 Å². The summed E-state index contributed by atoms with van der Waals surface area (Å²) in [6, 6.07) is 10.2. The zero-order valence-corrected chi connectivity index (χ0v) is 15.4.